The van der Waals surface area contributed by atoms with Crippen LogP contribution >= 0.6 is 11.8 Å². The molecule has 24 heavy (non-hydrogen) atoms. The summed E-state index contributed by atoms with van der Waals surface area (Å²) in [5, 5.41) is 14.9. The molecule has 130 valence electrons. The van der Waals surface area contributed by atoms with Gasteiger partial charge < -0.3 is 5.11 Å². The van der Waals surface area contributed by atoms with E-state index in [9.17, 15) is 13.5 Å². The van der Waals surface area contributed by atoms with Crippen LogP contribution in [-0.4, -0.2) is 19.3 Å². The molecule has 0 saturated carbocycles. The maximum atomic E-state index is 12.1. The minimum absolute atomic E-state index is 0.108. The zero-order valence-electron chi connectivity index (χ0n) is 13.7. The van der Waals surface area contributed by atoms with E-state index in [4.69, 9.17) is 5.14 Å². The average molecular weight is 366 g/mol. The number of nitrogens with two attached hydrogens (primary N) is 1. The molecule has 0 unspecified atom stereocenters. The Balaban J connectivity index is 2.53. The Hall–Kier alpha value is -1.34. The van der Waals surface area contributed by atoms with Gasteiger partial charge in [0, 0.05) is 4.90 Å². The van der Waals surface area contributed by atoms with Crippen molar-refractivity contribution in [1.29, 1.82) is 0 Å². The van der Waals surface area contributed by atoms with Crippen molar-refractivity contribution in [3.8, 4) is 0 Å². The van der Waals surface area contributed by atoms with Crippen molar-refractivity contribution in [3.05, 3.63) is 59.2 Å². The maximum absolute atomic E-state index is 12.1. The number of hydrogen-bond acceptors (Lipinski definition) is 4. The van der Waals surface area contributed by atoms with Gasteiger partial charge in [-0.15, -0.1) is 11.8 Å². The predicted octanol–water partition coefficient (Wildman–Crippen LogP) is 3.31. The lowest BCUT2D eigenvalue weighted by atomic mass is 10.0. The summed E-state index contributed by atoms with van der Waals surface area (Å²) < 4.78 is 24.2. The number of hydrogen-bond donors (Lipinski definition) is 2. The number of rotatable bonds is 8. The standard InChI is InChI=1S/C18H23NO3S2/c1-2-3-9-23-17-11-15(13-20)12-18(24(19,21)22)16(17)10-14-7-5-4-6-8-14/h4-8,11-12,20H,2-3,9-10,13H2,1H3,(H2,19,21,22). The molecule has 0 atom stereocenters. The molecule has 0 aromatic heterocycles. The van der Waals surface area contributed by atoms with Crippen LogP contribution < -0.4 is 5.14 Å². The molecule has 0 fully saturated rings. The van der Waals surface area contributed by atoms with E-state index in [1.807, 2.05) is 36.4 Å². The highest BCUT2D eigenvalue weighted by Gasteiger charge is 2.19. The quantitative estimate of drug-likeness (QED) is 0.555. The summed E-state index contributed by atoms with van der Waals surface area (Å²) in [5.74, 6) is 0.900. The monoisotopic (exact) mass is 365 g/mol. The second-order valence-electron chi connectivity index (χ2n) is 5.64. The molecular formula is C18H23NO3S2. The van der Waals surface area contributed by atoms with Crippen LogP contribution in [0.15, 0.2) is 52.3 Å². The first-order valence-electron chi connectivity index (χ1n) is 7.92. The molecule has 0 saturated heterocycles. The lowest BCUT2D eigenvalue weighted by Gasteiger charge is -2.16. The first kappa shape index (κ1) is 19.0. The van der Waals surface area contributed by atoms with Gasteiger partial charge in [-0.1, -0.05) is 43.7 Å². The van der Waals surface area contributed by atoms with Crippen molar-refractivity contribution in [2.75, 3.05) is 5.75 Å². The zero-order valence-corrected chi connectivity index (χ0v) is 15.4. The first-order valence-corrected chi connectivity index (χ1v) is 10.4. The predicted molar refractivity (Wildman–Crippen MR) is 98.6 cm³/mol. The Morgan fingerprint density at radius 2 is 1.83 bits per heavy atom. The van der Waals surface area contributed by atoms with E-state index in [1.54, 1.807) is 11.8 Å². The molecule has 0 aliphatic rings. The van der Waals surface area contributed by atoms with Crippen LogP contribution in [0, 0.1) is 0 Å². The number of aliphatic hydroxyl groups excluding tert-OH is 1. The molecule has 0 spiro atoms. The maximum Gasteiger partial charge on any atom is 0.238 e. The molecule has 0 bridgehead atoms. The molecule has 0 heterocycles. The molecule has 2 aromatic carbocycles. The van der Waals surface area contributed by atoms with E-state index in [1.165, 1.54) is 6.07 Å². The van der Waals surface area contributed by atoms with Crippen molar-refractivity contribution < 1.29 is 13.5 Å². The second-order valence-corrected chi connectivity index (χ2v) is 8.30. The molecule has 4 nitrogen and oxygen atoms in total. The third-order valence-electron chi connectivity index (χ3n) is 3.70. The summed E-state index contributed by atoms with van der Waals surface area (Å²) in [7, 11) is -3.86. The molecule has 0 aliphatic heterocycles. The second kappa shape index (κ2) is 8.67. The lowest BCUT2D eigenvalue weighted by Crippen LogP contribution is -2.16. The van der Waals surface area contributed by atoms with Gasteiger partial charge in [0.1, 0.15) is 0 Å². The summed E-state index contributed by atoms with van der Waals surface area (Å²) in [5.41, 5.74) is 2.30. The van der Waals surface area contributed by atoms with Crippen LogP contribution in [-0.2, 0) is 23.1 Å². The number of thioether (sulfide) groups is 1. The summed E-state index contributed by atoms with van der Waals surface area (Å²) in [4.78, 5) is 0.986. The fraction of sp³-hybridized carbons (Fsp3) is 0.333. The molecule has 0 amide bonds. The normalized spacial score (nSPS) is 11.6. The van der Waals surface area contributed by atoms with Crippen molar-refractivity contribution in [3.63, 3.8) is 0 Å². The van der Waals surface area contributed by atoms with Crippen LogP contribution in [0.25, 0.3) is 0 Å². The van der Waals surface area contributed by atoms with Crippen molar-refractivity contribution in [1.82, 2.24) is 0 Å². The minimum Gasteiger partial charge on any atom is -0.392 e. The molecule has 2 aromatic rings. The van der Waals surface area contributed by atoms with E-state index < -0.39 is 10.0 Å². The number of unbranched alkanes of at least 4 members (excludes halogenated alkanes) is 1. The van der Waals surface area contributed by atoms with Crippen molar-refractivity contribution in [2.24, 2.45) is 5.14 Å². The van der Waals surface area contributed by atoms with Crippen molar-refractivity contribution in [2.45, 2.75) is 42.6 Å². The SMILES string of the molecule is CCCCSc1cc(CO)cc(S(N)(=O)=O)c1Cc1ccccc1. The largest absolute Gasteiger partial charge is 0.392 e. The van der Waals surface area contributed by atoms with E-state index in [0.29, 0.717) is 17.5 Å². The van der Waals surface area contributed by atoms with E-state index in [2.05, 4.69) is 6.92 Å². The van der Waals surface area contributed by atoms with Crippen LogP contribution in [0.4, 0.5) is 0 Å². The van der Waals surface area contributed by atoms with Crippen LogP contribution in [0.5, 0.6) is 0 Å². The van der Waals surface area contributed by atoms with Gasteiger partial charge in [-0.25, -0.2) is 13.6 Å². The summed E-state index contributed by atoms with van der Waals surface area (Å²) in [6.07, 6.45) is 2.61. The fourth-order valence-electron chi connectivity index (χ4n) is 2.45. The van der Waals surface area contributed by atoms with Gasteiger partial charge in [-0.2, -0.15) is 0 Å². The summed E-state index contributed by atoms with van der Waals surface area (Å²) in [6, 6.07) is 13.1. The van der Waals surface area contributed by atoms with Gasteiger partial charge in [-0.3, -0.25) is 0 Å². The smallest absolute Gasteiger partial charge is 0.238 e. The van der Waals surface area contributed by atoms with Gasteiger partial charge in [0.2, 0.25) is 10.0 Å². The number of primary sulfonamides is 1. The van der Waals surface area contributed by atoms with Gasteiger partial charge in [0.05, 0.1) is 11.5 Å². The number of aliphatic hydroxyl groups is 1. The zero-order chi connectivity index (χ0) is 17.6. The van der Waals surface area contributed by atoms with Crippen LogP contribution in [0.3, 0.4) is 0 Å². The Morgan fingerprint density at radius 1 is 1.12 bits per heavy atom. The van der Waals surface area contributed by atoms with E-state index in [-0.39, 0.29) is 11.5 Å². The summed E-state index contributed by atoms with van der Waals surface area (Å²) in [6.45, 7) is 1.90. The first-order chi connectivity index (χ1) is 11.5. The van der Waals surface area contributed by atoms with E-state index >= 15 is 0 Å². The van der Waals surface area contributed by atoms with Gasteiger partial charge >= 0.3 is 0 Å². The molecule has 0 radical (unpaired) electrons. The van der Waals surface area contributed by atoms with E-state index in [0.717, 1.165) is 29.1 Å². The fourth-order valence-corrected chi connectivity index (χ4v) is 4.60. The van der Waals surface area contributed by atoms with Crippen LogP contribution in [0.1, 0.15) is 36.5 Å². The Labute approximate surface area is 148 Å². The third kappa shape index (κ3) is 5.08. The highest BCUT2D eigenvalue weighted by atomic mass is 32.2. The highest BCUT2D eigenvalue weighted by Crippen LogP contribution is 2.32. The molecule has 6 heteroatoms. The Kier molecular flexibility index (Phi) is 6.86. The Bertz CT molecular complexity index is 774. The van der Waals surface area contributed by atoms with Gasteiger partial charge in [-0.05, 0) is 47.4 Å². The topological polar surface area (TPSA) is 80.4 Å². The van der Waals surface area contributed by atoms with Crippen molar-refractivity contribution >= 4 is 21.8 Å². The molecule has 2 rings (SSSR count). The Morgan fingerprint density at radius 3 is 2.42 bits per heavy atom. The highest BCUT2D eigenvalue weighted by molar-refractivity contribution is 7.99. The van der Waals surface area contributed by atoms with Gasteiger partial charge in [0.25, 0.3) is 0 Å². The average Bonchev–Trinajstić information content (AvgIpc) is 2.56. The van der Waals surface area contributed by atoms with Gasteiger partial charge in [0.15, 0.2) is 0 Å². The molecular weight excluding hydrogens is 342 g/mol. The number of benzene rings is 2. The lowest BCUT2D eigenvalue weighted by molar-refractivity contribution is 0.281. The molecule has 0 aliphatic carbocycles. The molecule has 3 N–H and O–H groups in total. The third-order valence-corrected chi connectivity index (χ3v) is 5.84. The minimum atomic E-state index is -3.86. The number of sulfonamides is 1. The van der Waals surface area contributed by atoms with Crippen LogP contribution in [0.2, 0.25) is 0 Å². The summed E-state index contributed by atoms with van der Waals surface area (Å²) >= 11 is 1.62.